The largest absolute Gasteiger partial charge is 0.272 e. The highest BCUT2D eigenvalue weighted by molar-refractivity contribution is 7.88. The zero-order chi connectivity index (χ0) is 11.6. The first-order valence-electron chi connectivity index (χ1n) is 5.48. The van der Waals surface area contributed by atoms with Gasteiger partial charge in [-0.25, -0.2) is 12.7 Å². The van der Waals surface area contributed by atoms with Gasteiger partial charge in [-0.05, 0) is 24.8 Å². The van der Waals surface area contributed by atoms with E-state index in [1.165, 1.54) is 6.26 Å². The summed E-state index contributed by atoms with van der Waals surface area (Å²) in [4.78, 5) is 0. The third-order valence-corrected chi connectivity index (χ3v) is 4.22. The van der Waals surface area contributed by atoms with E-state index in [0.717, 1.165) is 19.4 Å². The van der Waals surface area contributed by atoms with Crippen molar-refractivity contribution < 1.29 is 8.42 Å². The smallest absolute Gasteiger partial charge is 0.211 e. The maximum Gasteiger partial charge on any atom is 0.211 e. The summed E-state index contributed by atoms with van der Waals surface area (Å²) in [6.45, 7) is 2.09. The molecule has 5 nitrogen and oxygen atoms in total. The fourth-order valence-corrected chi connectivity index (χ4v) is 3.09. The van der Waals surface area contributed by atoms with Gasteiger partial charge in [0.05, 0.1) is 6.26 Å². The molecular weight excluding hydrogens is 226 g/mol. The van der Waals surface area contributed by atoms with Gasteiger partial charge in [0.15, 0.2) is 0 Å². The number of nitrogens with zero attached hydrogens (tertiary/aromatic N) is 3. The molecule has 1 aliphatic rings. The molecule has 0 spiro atoms. The van der Waals surface area contributed by atoms with Crippen LogP contribution in [0.3, 0.4) is 0 Å². The predicted octanol–water partition coefficient (Wildman–Crippen LogP) is 0.555. The standard InChI is InChI=1S/C10H17N3O2S/c1-16(14,15)13-7-2-4-10(9-13)8-12-6-3-5-11-12/h3,5-6,10H,2,4,7-9H2,1H3. The van der Waals surface area contributed by atoms with Crippen LogP contribution >= 0.6 is 0 Å². The highest BCUT2D eigenvalue weighted by Crippen LogP contribution is 2.19. The maximum absolute atomic E-state index is 11.4. The van der Waals surface area contributed by atoms with Crippen molar-refractivity contribution in [3.8, 4) is 0 Å². The number of aromatic nitrogens is 2. The molecule has 0 aliphatic carbocycles. The number of sulfonamides is 1. The van der Waals surface area contributed by atoms with Crippen molar-refractivity contribution in [3.63, 3.8) is 0 Å². The Labute approximate surface area is 96.1 Å². The minimum Gasteiger partial charge on any atom is -0.272 e. The van der Waals surface area contributed by atoms with Crippen molar-refractivity contribution in [2.24, 2.45) is 5.92 Å². The molecule has 0 saturated carbocycles. The molecule has 1 aromatic rings. The average Bonchev–Trinajstić information content (AvgIpc) is 2.70. The molecule has 1 fully saturated rings. The zero-order valence-corrected chi connectivity index (χ0v) is 10.2. The lowest BCUT2D eigenvalue weighted by Crippen LogP contribution is -2.40. The maximum atomic E-state index is 11.4. The van der Waals surface area contributed by atoms with Gasteiger partial charge in [-0.1, -0.05) is 0 Å². The molecule has 1 unspecified atom stereocenters. The molecule has 0 bridgehead atoms. The van der Waals surface area contributed by atoms with Crippen LogP contribution in [-0.2, 0) is 16.6 Å². The second kappa shape index (κ2) is 4.55. The molecule has 2 heterocycles. The first-order valence-corrected chi connectivity index (χ1v) is 7.33. The van der Waals surface area contributed by atoms with Crippen LogP contribution in [-0.4, -0.2) is 41.8 Å². The Morgan fingerprint density at radius 2 is 2.31 bits per heavy atom. The third kappa shape index (κ3) is 2.82. The van der Waals surface area contributed by atoms with Crippen molar-refractivity contribution in [1.82, 2.24) is 14.1 Å². The summed E-state index contributed by atoms with van der Waals surface area (Å²) in [5.74, 6) is 0.378. The summed E-state index contributed by atoms with van der Waals surface area (Å²) in [5.41, 5.74) is 0. The van der Waals surface area contributed by atoms with Crippen molar-refractivity contribution in [1.29, 1.82) is 0 Å². The van der Waals surface area contributed by atoms with Crippen LogP contribution in [0.15, 0.2) is 18.5 Å². The van der Waals surface area contributed by atoms with Gasteiger partial charge < -0.3 is 0 Å². The van der Waals surface area contributed by atoms with Gasteiger partial charge in [0.1, 0.15) is 0 Å². The summed E-state index contributed by atoms with van der Waals surface area (Å²) in [6.07, 6.45) is 6.96. The number of hydrogen-bond donors (Lipinski definition) is 0. The van der Waals surface area contributed by atoms with E-state index in [1.807, 2.05) is 16.9 Å². The van der Waals surface area contributed by atoms with Gasteiger partial charge in [-0.2, -0.15) is 5.10 Å². The quantitative estimate of drug-likeness (QED) is 0.779. The topological polar surface area (TPSA) is 55.2 Å². The summed E-state index contributed by atoms with van der Waals surface area (Å²) in [5, 5.41) is 4.15. The van der Waals surface area contributed by atoms with Crippen LogP contribution in [0.5, 0.6) is 0 Å². The Hall–Kier alpha value is -0.880. The highest BCUT2D eigenvalue weighted by atomic mass is 32.2. The van der Waals surface area contributed by atoms with E-state index in [4.69, 9.17) is 0 Å². The Morgan fingerprint density at radius 1 is 1.50 bits per heavy atom. The average molecular weight is 243 g/mol. The Morgan fingerprint density at radius 3 is 2.94 bits per heavy atom. The molecule has 0 N–H and O–H groups in total. The minimum absolute atomic E-state index is 0.378. The second-order valence-corrected chi connectivity index (χ2v) is 6.34. The molecule has 0 amide bonds. The van der Waals surface area contributed by atoms with Crippen LogP contribution in [0, 0.1) is 5.92 Å². The second-order valence-electron chi connectivity index (χ2n) is 4.36. The fraction of sp³-hybridized carbons (Fsp3) is 0.700. The van der Waals surface area contributed by atoms with E-state index in [0.29, 0.717) is 19.0 Å². The molecule has 0 aromatic carbocycles. The van der Waals surface area contributed by atoms with E-state index < -0.39 is 10.0 Å². The van der Waals surface area contributed by atoms with Crippen LogP contribution in [0.1, 0.15) is 12.8 Å². The van der Waals surface area contributed by atoms with Crippen LogP contribution in [0.2, 0.25) is 0 Å². The highest BCUT2D eigenvalue weighted by Gasteiger charge is 2.25. The van der Waals surface area contributed by atoms with Gasteiger partial charge in [-0.15, -0.1) is 0 Å². The number of rotatable bonds is 3. The number of piperidine rings is 1. The van der Waals surface area contributed by atoms with E-state index in [2.05, 4.69) is 5.10 Å². The van der Waals surface area contributed by atoms with Gasteiger partial charge in [0, 0.05) is 32.0 Å². The van der Waals surface area contributed by atoms with Gasteiger partial charge in [-0.3, -0.25) is 4.68 Å². The molecular formula is C10H17N3O2S. The fourth-order valence-electron chi connectivity index (χ4n) is 2.15. The van der Waals surface area contributed by atoms with E-state index in [-0.39, 0.29) is 0 Å². The first kappa shape index (κ1) is 11.6. The Balaban J connectivity index is 1.97. The molecule has 16 heavy (non-hydrogen) atoms. The lowest BCUT2D eigenvalue weighted by Gasteiger charge is -2.30. The molecule has 1 saturated heterocycles. The lowest BCUT2D eigenvalue weighted by atomic mass is 10.00. The van der Waals surface area contributed by atoms with E-state index >= 15 is 0 Å². The van der Waals surface area contributed by atoms with Gasteiger partial charge in [0.2, 0.25) is 10.0 Å². The minimum atomic E-state index is -3.03. The predicted molar refractivity (Wildman–Crippen MR) is 61.4 cm³/mol. The van der Waals surface area contributed by atoms with Gasteiger partial charge >= 0.3 is 0 Å². The van der Waals surface area contributed by atoms with Crippen LogP contribution in [0.4, 0.5) is 0 Å². The lowest BCUT2D eigenvalue weighted by molar-refractivity contribution is 0.240. The third-order valence-electron chi connectivity index (χ3n) is 2.96. The SMILES string of the molecule is CS(=O)(=O)N1CCCC(Cn2cccn2)C1. The van der Waals surface area contributed by atoms with Crippen molar-refractivity contribution in [3.05, 3.63) is 18.5 Å². The molecule has 0 radical (unpaired) electrons. The molecule has 1 aromatic heterocycles. The van der Waals surface area contributed by atoms with Crippen LogP contribution in [0.25, 0.3) is 0 Å². The molecule has 2 rings (SSSR count). The Kier molecular flexibility index (Phi) is 3.30. The monoisotopic (exact) mass is 243 g/mol. The summed E-state index contributed by atoms with van der Waals surface area (Å²) < 4.78 is 26.3. The normalized spacial score (nSPS) is 23.4. The molecule has 1 atom stereocenters. The number of hydrogen-bond acceptors (Lipinski definition) is 3. The van der Waals surface area contributed by atoms with E-state index in [9.17, 15) is 8.42 Å². The molecule has 1 aliphatic heterocycles. The first-order chi connectivity index (χ1) is 7.55. The summed E-state index contributed by atoms with van der Waals surface area (Å²) >= 11 is 0. The van der Waals surface area contributed by atoms with Gasteiger partial charge in [0.25, 0.3) is 0 Å². The molecule has 6 heteroatoms. The summed E-state index contributed by atoms with van der Waals surface area (Å²) in [7, 11) is -3.03. The van der Waals surface area contributed by atoms with Crippen molar-refractivity contribution in [2.45, 2.75) is 19.4 Å². The summed E-state index contributed by atoms with van der Waals surface area (Å²) in [6, 6.07) is 1.89. The zero-order valence-electron chi connectivity index (χ0n) is 9.41. The van der Waals surface area contributed by atoms with Crippen molar-refractivity contribution in [2.75, 3.05) is 19.3 Å². The van der Waals surface area contributed by atoms with Crippen molar-refractivity contribution >= 4 is 10.0 Å². The van der Waals surface area contributed by atoms with Crippen LogP contribution < -0.4 is 0 Å². The molecule has 90 valence electrons. The van der Waals surface area contributed by atoms with E-state index in [1.54, 1.807) is 10.5 Å². The Bertz CT molecular complexity index is 427.